The molecule has 0 bridgehead atoms. The second-order valence-electron chi connectivity index (χ2n) is 9.31. The van der Waals surface area contributed by atoms with Gasteiger partial charge in [0.1, 0.15) is 18.5 Å². The van der Waals surface area contributed by atoms with Crippen LogP contribution in [0.4, 0.5) is 5.82 Å². The van der Waals surface area contributed by atoms with E-state index in [1.807, 2.05) is 36.4 Å². The second-order valence-corrected chi connectivity index (χ2v) is 9.64. The molecule has 4 atom stereocenters. The summed E-state index contributed by atoms with van der Waals surface area (Å²) >= 11 is 6.37. The van der Waals surface area contributed by atoms with Crippen LogP contribution in [0.1, 0.15) is 42.1 Å². The van der Waals surface area contributed by atoms with E-state index in [-0.39, 0.29) is 11.2 Å². The van der Waals surface area contributed by atoms with E-state index in [0.717, 1.165) is 11.1 Å². The Balaban J connectivity index is 1.34. The number of benzene rings is 2. The number of hydrogen-bond acceptors (Lipinski definition) is 10. The summed E-state index contributed by atoms with van der Waals surface area (Å²) in [6.45, 7) is 1.76. The summed E-state index contributed by atoms with van der Waals surface area (Å²) in [7, 11) is 0. The molecule has 0 aliphatic carbocycles. The van der Waals surface area contributed by atoms with Crippen LogP contribution in [0.25, 0.3) is 11.2 Å². The van der Waals surface area contributed by atoms with Crippen LogP contribution in [0.3, 0.4) is 0 Å². The van der Waals surface area contributed by atoms with Gasteiger partial charge in [0.15, 0.2) is 35.1 Å². The van der Waals surface area contributed by atoms with Crippen LogP contribution < -0.4 is 5.32 Å². The van der Waals surface area contributed by atoms with E-state index < -0.39 is 30.5 Å². The monoisotopic (exact) mass is 560 g/mol. The summed E-state index contributed by atoms with van der Waals surface area (Å²) in [6.07, 6.45) is -1.35. The fraction of sp³-hybridized carbons (Fsp3) is 0.259. The van der Waals surface area contributed by atoms with Crippen molar-refractivity contribution in [2.75, 3.05) is 11.9 Å². The normalized spacial score (nSPS) is 20.7. The number of aromatic nitrogens is 7. The first-order valence-corrected chi connectivity index (χ1v) is 13.0. The van der Waals surface area contributed by atoms with Crippen LogP contribution in [0, 0.1) is 0 Å². The van der Waals surface area contributed by atoms with Gasteiger partial charge in [0, 0.05) is 19.4 Å². The average Bonchev–Trinajstić information content (AvgIpc) is 3.70. The van der Waals surface area contributed by atoms with E-state index in [4.69, 9.17) is 21.1 Å². The molecule has 0 saturated carbocycles. The maximum Gasteiger partial charge on any atom is 0.303 e. The van der Waals surface area contributed by atoms with Gasteiger partial charge in [0.2, 0.25) is 5.28 Å². The average molecular weight is 561 g/mol. The minimum Gasteiger partial charge on any atom is -0.455 e. The van der Waals surface area contributed by atoms with Crippen molar-refractivity contribution < 1.29 is 19.4 Å². The fourth-order valence-corrected chi connectivity index (χ4v) is 5.13. The highest BCUT2D eigenvalue weighted by Gasteiger charge is 2.49. The van der Waals surface area contributed by atoms with E-state index in [9.17, 15) is 9.90 Å². The van der Waals surface area contributed by atoms with Gasteiger partial charge >= 0.3 is 5.97 Å². The van der Waals surface area contributed by atoms with Crippen molar-refractivity contribution in [3.05, 3.63) is 95.6 Å². The molecule has 0 radical (unpaired) electrons. The Hall–Kier alpha value is -4.39. The molecule has 1 saturated heterocycles. The zero-order valence-corrected chi connectivity index (χ0v) is 22.0. The van der Waals surface area contributed by atoms with Crippen molar-refractivity contribution >= 4 is 34.6 Å². The molecule has 3 aromatic heterocycles. The number of carbonyl (C=O) groups excluding carboxylic acids is 1. The molecule has 2 aromatic carbocycles. The van der Waals surface area contributed by atoms with E-state index in [2.05, 4.69) is 59.7 Å². The molecule has 204 valence electrons. The number of carbonyl (C=O) groups is 1. The number of nitrogens with one attached hydrogen (secondary N) is 2. The number of imidazole rings is 1. The first-order chi connectivity index (χ1) is 19.5. The molecule has 1 fully saturated rings. The Kier molecular flexibility index (Phi) is 7.11. The number of H-pyrrole nitrogens is 1. The van der Waals surface area contributed by atoms with Gasteiger partial charge in [-0.05, 0) is 22.7 Å². The molecule has 40 heavy (non-hydrogen) atoms. The van der Waals surface area contributed by atoms with Gasteiger partial charge in [0.25, 0.3) is 0 Å². The molecular weight excluding hydrogens is 536 g/mol. The number of ether oxygens (including phenoxy) is 2. The lowest BCUT2D eigenvalue weighted by molar-refractivity contribution is -0.155. The quantitative estimate of drug-likeness (QED) is 0.190. The van der Waals surface area contributed by atoms with Gasteiger partial charge < -0.3 is 24.9 Å². The predicted octanol–water partition coefficient (Wildman–Crippen LogP) is 3.40. The number of fused-ring (bicyclic) bond motifs is 1. The highest BCUT2D eigenvalue weighted by Crippen LogP contribution is 2.40. The molecular formula is C27H25ClN8O4. The first kappa shape index (κ1) is 25.9. The number of esters is 1. The van der Waals surface area contributed by atoms with Gasteiger partial charge in [-0.3, -0.25) is 9.36 Å². The lowest BCUT2D eigenvalue weighted by Crippen LogP contribution is -2.33. The highest BCUT2D eigenvalue weighted by atomic mass is 35.5. The van der Waals surface area contributed by atoms with Crippen LogP contribution in [0.2, 0.25) is 5.28 Å². The maximum absolute atomic E-state index is 11.9. The molecule has 1 aliphatic rings. The molecule has 3 N–H and O–H groups in total. The Morgan fingerprint density at radius 2 is 1.85 bits per heavy atom. The van der Waals surface area contributed by atoms with E-state index in [0.29, 0.717) is 29.4 Å². The van der Waals surface area contributed by atoms with Crippen LogP contribution in [-0.2, 0) is 14.3 Å². The molecule has 4 heterocycles. The van der Waals surface area contributed by atoms with Crippen molar-refractivity contribution in [1.29, 1.82) is 0 Å². The molecule has 0 unspecified atom stereocenters. The molecule has 1 aliphatic heterocycles. The largest absolute Gasteiger partial charge is 0.455 e. The van der Waals surface area contributed by atoms with Crippen LogP contribution in [0.5, 0.6) is 0 Å². The van der Waals surface area contributed by atoms with Gasteiger partial charge in [0.05, 0.1) is 6.33 Å². The topological polar surface area (TPSA) is 153 Å². The number of aliphatic hydroxyl groups is 1. The van der Waals surface area contributed by atoms with Gasteiger partial charge in [-0.1, -0.05) is 60.7 Å². The zero-order chi connectivity index (χ0) is 27.6. The molecule has 5 aromatic rings. The minimum absolute atomic E-state index is 0.0120. The summed E-state index contributed by atoms with van der Waals surface area (Å²) in [4.78, 5) is 28.1. The third-order valence-electron chi connectivity index (χ3n) is 6.77. The number of aromatic amines is 1. The third kappa shape index (κ3) is 4.99. The molecule has 12 nitrogen and oxygen atoms in total. The Morgan fingerprint density at radius 1 is 1.15 bits per heavy atom. The van der Waals surface area contributed by atoms with E-state index >= 15 is 0 Å². The summed E-state index contributed by atoms with van der Waals surface area (Å²) in [5.74, 6) is 0.167. The van der Waals surface area contributed by atoms with Gasteiger partial charge in [-0.2, -0.15) is 9.97 Å². The number of anilines is 1. The van der Waals surface area contributed by atoms with Crippen LogP contribution in [0.15, 0.2) is 73.3 Å². The van der Waals surface area contributed by atoms with E-state index in [1.165, 1.54) is 19.6 Å². The summed E-state index contributed by atoms with van der Waals surface area (Å²) < 4.78 is 13.1. The van der Waals surface area contributed by atoms with Crippen molar-refractivity contribution in [1.82, 2.24) is 34.7 Å². The number of rotatable bonds is 8. The third-order valence-corrected chi connectivity index (χ3v) is 6.94. The SMILES string of the molecule is CC(=O)O[C@@H]1[C@H](O)[C@@H](c2nnc[nH]2)O[C@H]1n1cnc2c(NCC(c3ccccc3)c3ccccc3)nc(Cl)nc21. The Bertz CT molecular complexity index is 1560. The van der Waals surface area contributed by atoms with Crippen molar-refractivity contribution in [2.45, 2.75) is 37.4 Å². The molecule has 0 spiro atoms. The zero-order valence-electron chi connectivity index (χ0n) is 21.3. The number of nitrogens with zero attached hydrogens (tertiary/aromatic N) is 6. The number of aliphatic hydroxyl groups excluding tert-OH is 1. The van der Waals surface area contributed by atoms with Crippen molar-refractivity contribution in [3.63, 3.8) is 0 Å². The smallest absolute Gasteiger partial charge is 0.303 e. The predicted molar refractivity (Wildman–Crippen MR) is 144 cm³/mol. The van der Waals surface area contributed by atoms with Gasteiger partial charge in [-0.15, -0.1) is 10.2 Å². The van der Waals surface area contributed by atoms with Crippen LogP contribution >= 0.6 is 11.6 Å². The minimum atomic E-state index is -1.23. The molecule has 6 rings (SSSR count). The second kappa shape index (κ2) is 11.0. The van der Waals surface area contributed by atoms with Gasteiger partial charge in [-0.25, -0.2) is 4.98 Å². The molecule has 13 heteroatoms. The first-order valence-electron chi connectivity index (χ1n) is 12.6. The summed E-state index contributed by atoms with van der Waals surface area (Å²) in [6, 6.07) is 20.3. The maximum atomic E-state index is 11.9. The number of halogens is 1. The fourth-order valence-electron chi connectivity index (χ4n) is 4.97. The standard InChI is InChI=1S/C27H25ClN8O4/c1-15(37)39-22-20(38)21(24-30-13-32-35-24)40-26(22)36-14-31-19-23(33-27(28)34-25(19)36)29-12-18(16-8-4-2-5-9-16)17-10-6-3-7-11-17/h2-11,13-14,18,20-22,26,38H,12H2,1H3,(H,29,33,34)(H,30,32,35)/t20-,21+,22-,26-/m1/s1. The summed E-state index contributed by atoms with van der Waals surface area (Å²) in [5.41, 5.74) is 3.05. The van der Waals surface area contributed by atoms with E-state index in [1.54, 1.807) is 4.57 Å². The molecule has 0 amide bonds. The Labute approximate surface area is 233 Å². The van der Waals surface area contributed by atoms with Crippen molar-refractivity contribution in [3.8, 4) is 0 Å². The van der Waals surface area contributed by atoms with Crippen molar-refractivity contribution in [2.24, 2.45) is 0 Å². The summed E-state index contributed by atoms with van der Waals surface area (Å²) in [5, 5.41) is 22.1. The van der Waals surface area contributed by atoms with Crippen LogP contribution in [-0.4, -0.2) is 64.5 Å². The number of hydrogen-bond donors (Lipinski definition) is 3. The lowest BCUT2D eigenvalue weighted by atomic mass is 9.91. The Morgan fingerprint density at radius 3 is 2.48 bits per heavy atom. The lowest BCUT2D eigenvalue weighted by Gasteiger charge is -2.21. The highest BCUT2D eigenvalue weighted by molar-refractivity contribution is 6.28.